The summed E-state index contributed by atoms with van der Waals surface area (Å²) in [7, 11) is 1.74. The Labute approximate surface area is 133 Å². The molecule has 1 aromatic carbocycles. The first-order chi connectivity index (χ1) is 10.3. The van der Waals surface area contributed by atoms with E-state index in [9.17, 15) is 0 Å². The molecule has 0 aromatic heterocycles. The molecule has 1 aliphatic rings. The van der Waals surface area contributed by atoms with Crippen molar-refractivity contribution in [1.82, 2.24) is 5.32 Å². The zero-order valence-corrected chi connectivity index (χ0v) is 13.6. The van der Waals surface area contributed by atoms with Crippen molar-refractivity contribution in [2.45, 2.75) is 31.8 Å². The second-order valence-electron chi connectivity index (χ2n) is 5.76. The van der Waals surface area contributed by atoms with E-state index >= 15 is 0 Å². The minimum Gasteiger partial charge on any atom is -0.383 e. The maximum atomic E-state index is 5.96. The predicted octanol–water partition coefficient (Wildman–Crippen LogP) is 3.30. The Kier molecular flexibility index (Phi) is 7.51. The molecule has 0 amide bonds. The lowest BCUT2D eigenvalue weighted by Crippen LogP contribution is -2.29. The monoisotopic (exact) mass is 311 g/mol. The van der Waals surface area contributed by atoms with E-state index in [1.165, 1.54) is 18.4 Å². The number of nitrogens with one attached hydrogen (secondary N) is 1. The molecular formula is C17H26ClNO2. The van der Waals surface area contributed by atoms with Crippen LogP contribution < -0.4 is 5.32 Å². The highest BCUT2D eigenvalue weighted by atomic mass is 35.5. The Balaban J connectivity index is 1.85. The fraction of sp³-hybridized carbons (Fsp3) is 0.647. The van der Waals surface area contributed by atoms with Crippen molar-refractivity contribution in [3.63, 3.8) is 0 Å². The summed E-state index contributed by atoms with van der Waals surface area (Å²) in [5.41, 5.74) is 1.34. The third-order valence-electron chi connectivity index (χ3n) is 3.97. The summed E-state index contributed by atoms with van der Waals surface area (Å²) in [5.74, 6) is 0.589. The van der Waals surface area contributed by atoms with Crippen LogP contribution in [0.3, 0.4) is 0 Å². The van der Waals surface area contributed by atoms with Crippen LogP contribution in [0.5, 0.6) is 0 Å². The smallest absolute Gasteiger partial charge is 0.0587 e. The van der Waals surface area contributed by atoms with E-state index in [0.29, 0.717) is 12.0 Å². The van der Waals surface area contributed by atoms with Gasteiger partial charge in [0.05, 0.1) is 12.7 Å². The number of methoxy groups -OCH3 is 1. The van der Waals surface area contributed by atoms with Gasteiger partial charge in [0.2, 0.25) is 0 Å². The number of ether oxygens (including phenoxy) is 2. The number of benzene rings is 1. The van der Waals surface area contributed by atoms with Crippen molar-refractivity contribution >= 4 is 11.6 Å². The molecule has 1 heterocycles. The van der Waals surface area contributed by atoms with Gasteiger partial charge in [-0.05, 0) is 55.8 Å². The molecular weight excluding hydrogens is 286 g/mol. The normalized spacial score (nSPS) is 19.8. The standard InChI is InChI=1S/C17H26ClNO2/c1-20-10-8-19-13-15(12-17-3-2-9-21-17)11-14-4-6-16(18)7-5-14/h4-7,15,17,19H,2-3,8-13H2,1H3. The van der Waals surface area contributed by atoms with Crippen LogP contribution in [0.2, 0.25) is 5.02 Å². The summed E-state index contributed by atoms with van der Waals surface area (Å²) in [5, 5.41) is 4.28. The van der Waals surface area contributed by atoms with Crippen LogP contribution >= 0.6 is 11.6 Å². The van der Waals surface area contributed by atoms with Crippen LogP contribution in [0.15, 0.2) is 24.3 Å². The zero-order chi connectivity index (χ0) is 14.9. The molecule has 1 fully saturated rings. The molecule has 1 aliphatic heterocycles. The fourth-order valence-corrected chi connectivity index (χ4v) is 3.00. The largest absolute Gasteiger partial charge is 0.383 e. The van der Waals surface area contributed by atoms with Crippen LogP contribution in [0.25, 0.3) is 0 Å². The molecule has 2 rings (SSSR count). The molecule has 2 atom stereocenters. The van der Waals surface area contributed by atoms with Crippen molar-refractivity contribution < 1.29 is 9.47 Å². The number of hydrogen-bond acceptors (Lipinski definition) is 3. The van der Waals surface area contributed by atoms with E-state index in [4.69, 9.17) is 21.1 Å². The summed E-state index contributed by atoms with van der Waals surface area (Å²) in [4.78, 5) is 0. The summed E-state index contributed by atoms with van der Waals surface area (Å²) < 4.78 is 10.9. The average Bonchev–Trinajstić information content (AvgIpc) is 2.99. The maximum Gasteiger partial charge on any atom is 0.0587 e. The van der Waals surface area contributed by atoms with Gasteiger partial charge in [0.25, 0.3) is 0 Å². The minimum atomic E-state index is 0.437. The van der Waals surface area contributed by atoms with Gasteiger partial charge in [-0.25, -0.2) is 0 Å². The van der Waals surface area contributed by atoms with E-state index in [0.717, 1.165) is 44.2 Å². The summed E-state index contributed by atoms with van der Waals surface area (Å²) in [6.07, 6.45) is 5.04. The molecule has 4 heteroatoms. The van der Waals surface area contributed by atoms with E-state index in [1.807, 2.05) is 12.1 Å². The van der Waals surface area contributed by atoms with E-state index in [1.54, 1.807) is 7.11 Å². The minimum absolute atomic E-state index is 0.437. The van der Waals surface area contributed by atoms with Crippen LogP contribution in [-0.2, 0) is 15.9 Å². The molecule has 0 radical (unpaired) electrons. The number of hydrogen-bond donors (Lipinski definition) is 1. The van der Waals surface area contributed by atoms with Gasteiger partial charge in [-0.1, -0.05) is 23.7 Å². The molecule has 2 unspecified atom stereocenters. The number of halogens is 1. The summed E-state index contributed by atoms with van der Waals surface area (Å²) in [6.45, 7) is 3.59. The predicted molar refractivity (Wildman–Crippen MR) is 87.0 cm³/mol. The van der Waals surface area contributed by atoms with Crippen LogP contribution in [0.4, 0.5) is 0 Å². The van der Waals surface area contributed by atoms with Gasteiger partial charge in [0.15, 0.2) is 0 Å². The second-order valence-corrected chi connectivity index (χ2v) is 6.20. The molecule has 118 valence electrons. The SMILES string of the molecule is COCCNCC(Cc1ccc(Cl)cc1)CC1CCCO1. The Bertz CT molecular complexity index is 390. The molecule has 0 spiro atoms. The van der Waals surface area contributed by atoms with Crippen LogP contribution in [0, 0.1) is 5.92 Å². The van der Waals surface area contributed by atoms with Crippen molar-refractivity contribution in [2.24, 2.45) is 5.92 Å². The highest BCUT2D eigenvalue weighted by Gasteiger charge is 2.21. The molecule has 1 N–H and O–H groups in total. The van der Waals surface area contributed by atoms with Gasteiger partial charge < -0.3 is 14.8 Å². The molecule has 0 aliphatic carbocycles. The summed E-state index contributed by atoms with van der Waals surface area (Å²) >= 11 is 5.96. The lowest BCUT2D eigenvalue weighted by molar-refractivity contribution is 0.0888. The average molecular weight is 312 g/mol. The molecule has 1 aromatic rings. The van der Waals surface area contributed by atoms with E-state index in [2.05, 4.69) is 17.4 Å². The molecule has 3 nitrogen and oxygen atoms in total. The van der Waals surface area contributed by atoms with Crippen molar-refractivity contribution in [1.29, 1.82) is 0 Å². The zero-order valence-electron chi connectivity index (χ0n) is 12.8. The Morgan fingerprint density at radius 3 is 2.86 bits per heavy atom. The first-order valence-electron chi connectivity index (χ1n) is 7.83. The Morgan fingerprint density at radius 1 is 1.38 bits per heavy atom. The van der Waals surface area contributed by atoms with Crippen molar-refractivity contribution in [3.8, 4) is 0 Å². The van der Waals surface area contributed by atoms with Gasteiger partial charge in [-0.3, -0.25) is 0 Å². The lowest BCUT2D eigenvalue weighted by atomic mass is 9.92. The third-order valence-corrected chi connectivity index (χ3v) is 4.23. The van der Waals surface area contributed by atoms with Crippen molar-refractivity contribution in [2.75, 3.05) is 33.4 Å². The second kappa shape index (κ2) is 9.42. The summed E-state index contributed by atoms with van der Waals surface area (Å²) in [6, 6.07) is 8.19. The first kappa shape index (κ1) is 16.8. The lowest BCUT2D eigenvalue weighted by Gasteiger charge is -2.21. The van der Waals surface area contributed by atoms with Gasteiger partial charge in [0.1, 0.15) is 0 Å². The van der Waals surface area contributed by atoms with Gasteiger partial charge in [-0.15, -0.1) is 0 Å². The van der Waals surface area contributed by atoms with Crippen LogP contribution in [-0.4, -0.2) is 39.5 Å². The third kappa shape index (κ3) is 6.35. The maximum absolute atomic E-state index is 5.96. The first-order valence-corrected chi connectivity index (χ1v) is 8.21. The van der Waals surface area contributed by atoms with Crippen LogP contribution in [0.1, 0.15) is 24.8 Å². The highest BCUT2D eigenvalue weighted by Crippen LogP contribution is 2.23. The molecule has 0 saturated carbocycles. The van der Waals surface area contributed by atoms with Crippen molar-refractivity contribution in [3.05, 3.63) is 34.9 Å². The van der Waals surface area contributed by atoms with E-state index < -0.39 is 0 Å². The fourth-order valence-electron chi connectivity index (χ4n) is 2.88. The molecule has 0 bridgehead atoms. The van der Waals surface area contributed by atoms with Gasteiger partial charge in [-0.2, -0.15) is 0 Å². The Hall–Kier alpha value is -0.610. The quantitative estimate of drug-likeness (QED) is 0.710. The topological polar surface area (TPSA) is 30.5 Å². The molecule has 21 heavy (non-hydrogen) atoms. The molecule has 1 saturated heterocycles. The van der Waals surface area contributed by atoms with Gasteiger partial charge in [0, 0.05) is 25.3 Å². The highest BCUT2D eigenvalue weighted by molar-refractivity contribution is 6.30. The van der Waals surface area contributed by atoms with Gasteiger partial charge >= 0.3 is 0 Å². The van der Waals surface area contributed by atoms with E-state index in [-0.39, 0.29) is 0 Å². The Morgan fingerprint density at radius 2 is 2.19 bits per heavy atom. The number of rotatable bonds is 9.